The third-order valence-corrected chi connectivity index (χ3v) is 6.96. The van der Waals surface area contributed by atoms with Gasteiger partial charge in [-0.2, -0.15) is 4.37 Å². The fourth-order valence-corrected chi connectivity index (χ4v) is 3.46. The van der Waals surface area contributed by atoms with E-state index in [1.54, 1.807) is 6.92 Å². The molecule has 1 saturated carbocycles. The Kier molecular flexibility index (Phi) is 2.83. The maximum Gasteiger partial charge on any atom is 0.267 e. The number of hydrogen-bond donors (Lipinski definition) is 1. The van der Waals surface area contributed by atoms with Crippen LogP contribution in [0.3, 0.4) is 0 Å². The van der Waals surface area contributed by atoms with Crippen LogP contribution >= 0.6 is 27.5 Å². The number of nitrogens with zero attached hydrogens (tertiary/aromatic N) is 1. The van der Waals surface area contributed by atoms with E-state index in [-0.39, 0.29) is 0 Å². The molecule has 1 heterocycles. The lowest BCUT2D eigenvalue weighted by Gasteiger charge is -2.09. The molecule has 88 valence electrons. The number of rotatable bonds is 3. The molecule has 0 radical (unpaired) electrons. The summed E-state index contributed by atoms with van der Waals surface area (Å²) < 4.78 is 28.5. The number of aryl methyl sites for hydroxylation is 1. The fourth-order valence-electron chi connectivity index (χ4n) is 1.15. The summed E-state index contributed by atoms with van der Waals surface area (Å²) in [5, 5.41) is 1.54. The number of alkyl halides is 1. The minimum atomic E-state index is -3.63. The number of sulfonamides is 1. The van der Waals surface area contributed by atoms with Crippen LogP contribution < -0.4 is 4.72 Å². The van der Waals surface area contributed by atoms with Gasteiger partial charge in [0.1, 0.15) is 3.66 Å². The van der Waals surface area contributed by atoms with Crippen LogP contribution in [0.25, 0.3) is 0 Å². The molecule has 16 heavy (non-hydrogen) atoms. The molecule has 0 bridgehead atoms. The molecular formula is C8H9BrN2O3S2. The van der Waals surface area contributed by atoms with E-state index in [9.17, 15) is 13.2 Å². The molecule has 2 rings (SSSR count). The van der Waals surface area contributed by atoms with Crippen LogP contribution in [-0.4, -0.2) is 22.4 Å². The number of carbonyl (C=O) groups is 1. The molecule has 1 N–H and O–H groups in total. The molecule has 0 spiro atoms. The van der Waals surface area contributed by atoms with Crippen molar-refractivity contribution in [3.05, 3.63) is 16.6 Å². The fraction of sp³-hybridized carbons (Fsp3) is 0.500. The summed E-state index contributed by atoms with van der Waals surface area (Å²) in [6, 6.07) is 0. The van der Waals surface area contributed by atoms with Gasteiger partial charge in [0.15, 0.2) is 0 Å². The third-order valence-electron chi connectivity index (χ3n) is 2.35. The lowest BCUT2D eigenvalue weighted by Crippen LogP contribution is -2.37. The average molecular weight is 325 g/mol. The highest BCUT2D eigenvalue weighted by Crippen LogP contribution is 2.48. The van der Waals surface area contributed by atoms with Crippen LogP contribution in [0.15, 0.2) is 5.38 Å². The SMILES string of the molecule is Cc1nscc1C(=O)NS(=O)(=O)C1(Br)CC1. The zero-order chi connectivity index (χ0) is 12.0. The van der Waals surface area contributed by atoms with E-state index in [1.165, 1.54) is 5.38 Å². The molecule has 8 heteroatoms. The van der Waals surface area contributed by atoms with Crippen molar-refractivity contribution in [2.75, 3.05) is 0 Å². The zero-order valence-corrected chi connectivity index (χ0v) is 11.6. The van der Waals surface area contributed by atoms with Gasteiger partial charge in [-0.3, -0.25) is 4.79 Å². The molecule has 0 atom stereocenters. The molecule has 0 saturated heterocycles. The molecule has 1 aliphatic rings. The Labute approximate surface area is 106 Å². The second kappa shape index (κ2) is 3.78. The lowest BCUT2D eigenvalue weighted by molar-refractivity contribution is 0.0981. The monoisotopic (exact) mass is 324 g/mol. The molecule has 1 amide bonds. The Bertz CT molecular complexity index is 533. The first-order valence-electron chi connectivity index (χ1n) is 4.52. The summed E-state index contributed by atoms with van der Waals surface area (Å²) in [5.74, 6) is -0.614. The normalized spacial score (nSPS) is 18.1. The molecule has 0 aliphatic heterocycles. The topological polar surface area (TPSA) is 76.1 Å². The number of hydrogen-bond acceptors (Lipinski definition) is 5. The van der Waals surface area contributed by atoms with Gasteiger partial charge in [0.05, 0.1) is 11.3 Å². The molecule has 1 aromatic heterocycles. The highest BCUT2D eigenvalue weighted by atomic mass is 79.9. The molecular weight excluding hydrogens is 316 g/mol. The summed E-state index contributed by atoms with van der Waals surface area (Å²) in [4.78, 5) is 11.7. The molecule has 1 aliphatic carbocycles. The summed E-state index contributed by atoms with van der Waals surface area (Å²) in [5.41, 5.74) is 0.849. The van der Waals surface area contributed by atoms with Crippen molar-refractivity contribution < 1.29 is 13.2 Å². The number of halogens is 1. The number of nitrogens with one attached hydrogen (secondary N) is 1. The van der Waals surface area contributed by atoms with Crippen LogP contribution in [0.1, 0.15) is 28.9 Å². The van der Waals surface area contributed by atoms with Crippen molar-refractivity contribution in [3.63, 3.8) is 0 Å². The Hall–Kier alpha value is -0.470. The minimum absolute atomic E-state index is 0.310. The van der Waals surface area contributed by atoms with Crippen molar-refractivity contribution in [2.45, 2.75) is 23.4 Å². The highest BCUT2D eigenvalue weighted by Gasteiger charge is 2.53. The van der Waals surface area contributed by atoms with E-state index in [1.807, 2.05) is 0 Å². The van der Waals surface area contributed by atoms with Crippen LogP contribution in [0.2, 0.25) is 0 Å². The predicted molar refractivity (Wildman–Crippen MR) is 64.1 cm³/mol. The average Bonchev–Trinajstić information content (AvgIpc) is 2.77. The number of amides is 1. The van der Waals surface area contributed by atoms with Gasteiger partial charge in [-0.15, -0.1) is 0 Å². The first kappa shape index (κ1) is 12.0. The Morgan fingerprint density at radius 1 is 1.62 bits per heavy atom. The van der Waals surface area contributed by atoms with E-state index in [2.05, 4.69) is 25.0 Å². The zero-order valence-electron chi connectivity index (χ0n) is 8.36. The van der Waals surface area contributed by atoms with Gasteiger partial charge in [-0.25, -0.2) is 13.1 Å². The van der Waals surface area contributed by atoms with Crippen LogP contribution in [0.5, 0.6) is 0 Å². The lowest BCUT2D eigenvalue weighted by atomic mass is 10.3. The van der Waals surface area contributed by atoms with Gasteiger partial charge < -0.3 is 0 Å². The second-order valence-corrected chi connectivity index (χ2v) is 8.30. The van der Waals surface area contributed by atoms with Gasteiger partial charge in [0.2, 0.25) is 0 Å². The molecule has 0 aromatic carbocycles. The second-order valence-electron chi connectivity index (χ2n) is 3.63. The number of carbonyl (C=O) groups excluding carboxylic acids is 1. The Balaban J connectivity index is 2.18. The van der Waals surface area contributed by atoms with Crippen LogP contribution in [0, 0.1) is 6.92 Å². The number of aromatic nitrogens is 1. The molecule has 5 nitrogen and oxygen atoms in total. The van der Waals surface area contributed by atoms with Crippen LogP contribution in [-0.2, 0) is 10.0 Å². The van der Waals surface area contributed by atoms with Crippen molar-refractivity contribution in [2.24, 2.45) is 0 Å². The van der Waals surface area contributed by atoms with Crippen molar-refractivity contribution in [3.8, 4) is 0 Å². The quantitative estimate of drug-likeness (QED) is 0.852. The molecule has 0 unspecified atom stereocenters. The van der Waals surface area contributed by atoms with Gasteiger partial charge >= 0.3 is 0 Å². The van der Waals surface area contributed by atoms with Crippen molar-refractivity contribution >= 4 is 43.4 Å². The molecule has 1 aromatic rings. The summed E-state index contributed by atoms with van der Waals surface area (Å²) in [7, 11) is -3.63. The largest absolute Gasteiger partial charge is 0.268 e. The summed E-state index contributed by atoms with van der Waals surface area (Å²) in [6.45, 7) is 1.67. The molecule has 1 fully saturated rings. The minimum Gasteiger partial charge on any atom is -0.268 e. The Morgan fingerprint density at radius 3 is 2.69 bits per heavy atom. The maximum atomic E-state index is 11.7. The summed E-state index contributed by atoms with van der Waals surface area (Å²) >= 11 is 4.23. The van der Waals surface area contributed by atoms with Gasteiger partial charge in [-0.1, -0.05) is 15.9 Å². The van der Waals surface area contributed by atoms with Gasteiger partial charge in [0.25, 0.3) is 15.9 Å². The van der Waals surface area contributed by atoms with E-state index < -0.39 is 19.6 Å². The van der Waals surface area contributed by atoms with Crippen LogP contribution in [0.4, 0.5) is 0 Å². The van der Waals surface area contributed by atoms with Crippen molar-refractivity contribution in [1.29, 1.82) is 0 Å². The standard InChI is InChI=1S/C8H9BrN2O3S2/c1-5-6(4-15-10-5)7(12)11-16(13,14)8(9)2-3-8/h4H,2-3H2,1H3,(H,11,12). The van der Waals surface area contributed by atoms with Crippen molar-refractivity contribution in [1.82, 2.24) is 9.10 Å². The Morgan fingerprint density at radius 2 is 2.25 bits per heavy atom. The van der Waals surface area contributed by atoms with E-state index in [4.69, 9.17) is 0 Å². The van der Waals surface area contributed by atoms with E-state index in [0.717, 1.165) is 11.5 Å². The predicted octanol–water partition coefficient (Wildman–Crippen LogP) is 1.40. The summed E-state index contributed by atoms with van der Waals surface area (Å²) in [6.07, 6.45) is 1.05. The smallest absolute Gasteiger partial charge is 0.267 e. The first-order chi connectivity index (χ1) is 7.36. The highest BCUT2D eigenvalue weighted by molar-refractivity contribution is 9.11. The van der Waals surface area contributed by atoms with E-state index in [0.29, 0.717) is 24.1 Å². The first-order valence-corrected chi connectivity index (χ1v) is 7.64. The third kappa shape index (κ3) is 2.01. The van der Waals surface area contributed by atoms with E-state index >= 15 is 0 Å². The van der Waals surface area contributed by atoms with Gasteiger partial charge in [-0.05, 0) is 31.3 Å². The van der Waals surface area contributed by atoms with Gasteiger partial charge in [0, 0.05) is 5.38 Å². The maximum absolute atomic E-state index is 11.7.